The molecule has 0 aromatic carbocycles. The second-order valence-corrected chi connectivity index (χ2v) is 2.04. The zero-order valence-corrected chi connectivity index (χ0v) is 7.99. The maximum Gasteiger partial charge on any atom is 0.513 e. The van der Waals surface area contributed by atoms with Gasteiger partial charge in [-0.3, -0.25) is 0 Å². The van der Waals surface area contributed by atoms with Gasteiger partial charge >= 0.3 is 18.1 Å². The Morgan fingerprint density at radius 1 is 1.12 bits per heavy atom. The van der Waals surface area contributed by atoms with Crippen molar-refractivity contribution in [3.8, 4) is 0 Å². The van der Waals surface area contributed by atoms with Gasteiger partial charge in [-0.15, -0.1) is 0 Å². The third-order valence-electron chi connectivity index (χ3n) is 0.795. The van der Waals surface area contributed by atoms with E-state index in [9.17, 15) is 14.4 Å². The molecule has 9 nitrogen and oxygen atoms in total. The second-order valence-electron chi connectivity index (χ2n) is 2.04. The number of aliphatic hydroxyl groups excluding tert-OH is 2. The summed E-state index contributed by atoms with van der Waals surface area (Å²) < 4.78 is 3.53. The average molecular weight is 237 g/mol. The number of nitrogens with two attached hydrogens (primary N) is 1. The van der Waals surface area contributed by atoms with Crippen LogP contribution in [0.2, 0.25) is 0 Å². The van der Waals surface area contributed by atoms with E-state index in [1.54, 1.807) is 0 Å². The normalized spacial score (nSPS) is 9.75. The molecule has 0 saturated carbocycles. The Morgan fingerprint density at radius 2 is 1.56 bits per heavy atom. The van der Waals surface area contributed by atoms with Crippen LogP contribution in [-0.4, -0.2) is 51.7 Å². The van der Waals surface area contributed by atoms with Crippen molar-refractivity contribution in [1.29, 1.82) is 0 Å². The summed E-state index contributed by atoms with van der Waals surface area (Å²) in [7, 11) is 0. The van der Waals surface area contributed by atoms with E-state index < -0.39 is 23.8 Å². The first kappa shape index (κ1) is 16.3. The summed E-state index contributed by atoms with van der Waals surface area (Å²) >= 11 is 0. The maximum absolute atomic E-state index is 10.4. The summed E-state index contributed by atoms with van der Waals surface area (Å²) in [5.41, 5.74) is 4.02. The first-order chi connectivity index (χ1) is 7.34. The Balaban J connectivity index is 0. The summed E-state index contributed by atoms with van der Waals surface area (Å²) in [4.78, 5) is 30.0. The zero-order chi connectivity index (χ0) is 13.1. The molecule has 92 valence electrons. The number of ether oxygens (including phenoxy) is 1. The molecule has 0 aliphatic heterocycles. The van der Waals surface area contributed by atoms with Crippen molar-refractivity contribution in [1.82, 2.24) is 0 Å². The van der Waals surface area contributed by atoms with Crippen molar-refractivity contribution in [2.75, 3.05) is 13.2 Å². The molecule has 0 atom stereocenters. The van der Waals surface area contributed by atoms with Gasteiger partial charge in [0.2, 0.25) is 0 Å². The molecule has 0 radical (unpaired) electrons. The first-order valence-electron chi connectivity index (χ1n) is 3.72. The summed E-state index contributed by atoms with van der Waals surface area (Å²) in [6.07, 6.45) is -1.51. The SMILES string of the molecule is NC(=CC(=O)O)C(=O)OC(=O)O.OCCO. The molecule has 0 aliphatic rings. The lowest BCUT2D eigenvalue weighted by atomic mass is 10.4. The average Bonchev–Trinajstić information content (AvgIpc) is 2.16. The third kappa shape index (κ3) is 11.9. The van der Waals surface area contributed by atoms with Crippen LogP contribution in [0.15, 0.2) is 11.8 Å². The standard InChI is InChI=1S/C5H5NO6.C2H6O2/c6-2(1-3(7)8)4(9)12-5(10)11;3-1-2-4/h1H,6H2,(H,7,8)(H,10,11);3-4H,1-2H2. The Labute approximate surface area is 89.4 Å². The van der Waals surface area contributed by atoms with E-state index in [-0.39, 0.29) is 13.2 Å². The number of carbonyl (C=O) groups excluding carboxylic acids is 1. The van der Waals surface area contributed by atoms with Gasteiger partial charge in [0.1, 0.15) is 5.70 Å². The van der Waals surface area contributed by atoms with Gasteiger partial charge < -0.3 is 30.9 Å². The Hall–Kier alpha value is -2.13. The fourth-order valence-corrected chi connectivity index (χ4v) is 0.330. The van der Waals surface area contributed by atoms with Gasteiger partial charge in [-0.2, -0.15) is 0 Å². The van der Waals surface area contributed by atoms with E-state index in [1.807, 2.05) is 0 Å². The number of hydrogen-bond donors (Lipinski definition) is 5. The molecule has 0 heterocycles. The number of carboxylic acid groups (broad SMARTS) is 2. The van der Waals surface area contributed by atoms with Crippen LogP contribution in [0.25, 0.3) is 0 Å². The van der Waals surface area contributed by atoms with Crippen LogP contribution in [0.4, 0.5) is 4.79 Å². The highest BCUT2D eigenvalue weighted by molar-refractivity contribution is 5.98. The molecule has 0 bridgehead atoms. The van der Waals surface area contributed by atoms with Crippen LogP contribution in [0.3, 0.4) is 0 Å². The van der Waals surface area contributed by atoms with Crippen molar-refractivity contribution in [2.24, 2.45) is 5.73 Å². The number of hydrogen-bond acceptors (Lipinski definition) is 7. The smallest absolute Gasteiger partial charge is 0.478 e. The van der Waals surface area contributed by atoms with Crippen LogP contribution < -0.4 is 5.73 Å². The highest BCUT2D eigenvalue weighted by Crippen LogP contribution is 1.89. The lowest BCUT2D eigenvalue weighted by Crippen LogP contribution is -2.18. The highest BCUT2D eigenvalue weighted by Gasteiger charge is 2.12. The molecule has 0 saturated heterocycles. The Kier molecular flexibility index (Phi) is 9.61. The summed E-state index contributed by atoms with van der Waals surface area (Å²) in [5, 5.41) is 31.2. The largest absolute Gasteiger partial charge is 0.513 e. The Bertz CT molecular complexity index is 282. The van der Waals surface area contributed by atoms with Crippen molar-refractivity contribution >= 4 is 18.1 Å². The van der Waals surface area contributed by atoms with Crippen LogP contribution in [-0.2, 0) is 14.3 Å². The molecule has 0 spiro atoms. The van der Waals surface area contributed by atoms with Gasteiger partial charge in [0.15, 0.2) is 0 Å². The zero-order valence-electron chi connectivity index (χ0n) is 7.99. The number of aliphatic carboxylic acids is 1. The van der Waals surface area contributed by atoms with E-state index in [1.165, 1.54) is 0 Å². The monoisotopic (exact) mass is 237 g/mol. The number of carbonyl (C=O) groups is 3. The van der Waals surface area contributed by atoms with Crippen LogP contribution in [0.5, 0.6) is 0 Å². The molecule has 0 aliphatic carbocycles. The summed E-state index contributed by atoms with van der Waals surface area (Å²) in [5.74, 6) is -2.88. The first-order valence-corrected chi connectivity index (χ1v) is 3.72. The van der Waals surface area contributed by atoms with E-state index >= 15 is 0 Å². The predicted octanol–water partition coefficient (Wildman–Crippen LogP) is -1.89. The molecule has 9 heteroatoms. The third-order valence-corrected chi connectivity index (χ3v) is 0.795. The topological polar surface area (TPSA) is 167 Å². The van der Waals surface area contributed by atoms with Gasteiger partial charge in [-0.1, -0.05) is 0 Å². The molecule has 0 fully saturated rings. The number of esters is 1. The number of rotatable bonds is 3. The molecule has 0 aromatic rings. The van der Waals surface area contributed by atoms with E-state index in [4.69, 9.17) is 26.2 Å². The summed E-state index contributed by atoms with van der Waals surface area (Å²) in [6, 6.07) is 0. The van der Waals surface area contributed by atoms with Crippen molar-refractivity contribution < 1.29 is 39.5 Å². The molecular weight excluding hydrogens is 226 g/mol. The van der Waals surface area contributed by atoms with Crippen LogP contribution >= 0.6 is 0 Å². The van der Waals surface area contributed by atoms with E-state index in [0.29, 0.717) is 6.08 Å². The quantitative estimate of drug-likeness (QED) is 0.214. The highest BCUT2D eigenvalue weighted by atomic mass is 16.7. The van der Waals surface area contributed by atoms with Gasteiger partial charge in [-0.25, -0.2) is 14.4 Å². The number of carboxylic acids is 1. The lowest BCUT2D eigenvalue weighted by molar-refractivity contribution is -0.136. The molecule has 0 rings (SSSR count). The minimum Gasteiger partial charge on any atom is -0.478 e. The van der Waals surface area contributed by atoms with E-state index in [0.717, 1.165) is 0 Å². The molecule has 16 heavy (non-hydrogen) atoms. The molecule has 0 aromatic heterocycles. The van der Waals surface area contributed by atoms with Gasteiger partial charge in [0, 0.05) is 0 Å². The molecule has 0 amide bonds. The molecule has 6 N–H and O–H groups in total. The molecular formula is C7H11NO8. The minimum absolute atomic E-state index is 0.125. The predicted molar refractivity (Wildman–Crippen MR) is 48.2 cm³/mol. The van der Waals surface area contributed by atoms with Crippen molar-refractivity contribution in [3.05, 3.63) is 11.8 Å². The Morgan fingerprint density at radius 3 is 1.81 bits per heavy atom. The summed E-state index contributed by atoms with van der Waals surface area (Å²) in [6.45, 7) is -0.250. The fraction of sp³-hybridized carbons (Fsp3) is 0.286. The minimum atomic E-state index is -1.85. The van der Waals surface area contributed by atoms with Crippen molar-refractivity contribution in [3.63, 3.8) is 0 Å². The fourth-order valence-electron chi connectivity index (χ4n) is 0.330. The van der Waals surface area contributed by atoms with Crippen LogP contribution in [0.1, 0.15) is 0 Å². The van der Waals surface area contributed by atoms with Gasteiger partial charge in [0.25, 0.3) is 0 Å². The molecule has 0 unspecified atom stereocenters. The number of aliphatic hydroxyl groups is 2. The van der Waals surface area contributed by atoms with Gasteiger partial charge in [0.05, 0.1) is 19.3 Å². The maximum atomic E-state index is 10.4. The van der Waals surface area contributed by atoms with E-state index in [2.05, 4.69) is 4.74 Å². The van der Waals surface area contributed by atoms with Gasteiger partial charge in [-0.05, 0) is 0 Å². The van der Waals surface area contributed by atoms with Crippen molar-refractivity contribution in [2.45, 2.75) is 0 Å². The van der Waals surface area contributed by atoms with Crippen LogP contribution in [0, 0.1) is 0 Å². The second kappa shape index (κ2) is 9.43. The lowest BCUT2D eigenvalue weighted by Gasteiger charge is -1.95.